The molecular formula is C23H30O5S. The molecule has 1 N–H and O–H groups in total. The predicted octanol–water partition coefficient (Wildman–Crippen LogP) is 3.99. The van der Waals surface area contributed by atoms with Crippen LogP contribution in [0, 0.1) is 5.41 Å². The summed E-state index contributed by atoms with van der Waals surface area (Å²) in [6, 6.07) is 8.34. The summed E-state index contributed by atoms with van der Waals surface area (Å²) < 4.78 is 30.1. The summed E-state index contributed by atoms with van der Waals surface area (Å²) in [6.07, 6.45) is 3.89. The van der Waals surface area contributed by atoms with Crippen LogP contribution in [-0.4, -0.2) is 37.0 Å². The number of rotatable bonds is 5. The average molecular weight is 419 g/mol. The van der Waals surface area contributed by atoms with Crippen molar-refractivity contribution < 1.29 is 23.1 Å². The maximum atomic E-state index is 12.4. The molecule has 1 aliphatic rings. The summed E-state index contributed by atoms with van der Waals surface area (Å²) in [6.45, 7) is 8.82. The Kier molecular flexibility index (Phi) is 6.94. The van der Waals surface area contributed by atoms with Gasteiger partial charge in [0, 0.05) is 18.9 Å². The minimum atomic E-state index is -3.39. The summed E-state index contributed by atoms with van der Waals surface area (Å²) in [7, 11) is -3.39. The molecule has 6 heteroatoms. The van der Waals surface area contributed by atoms with E-state index in [1.54, 1.807) is 56.3 Å². The van der Waals surface area contributed by atoms with E-state index in [-0.39, 0.29) is 17.8 Å². The van der Waals surface area contributed by atoms with Crippen molar-refractivity contribution in [1.82, 2.24) is 0 Å². The molecule has 1 saturated carbocycles. The van der Waals surface area contributed by atoms with E-state index in [1.165, 1.54) is 6.92 Å². The maximum Gasteiger partial charge on any atom is 0.302 e. The van der Waals surface area contributed by atoms with Crippen LogP contribution in [0.2, 0.25) is 0 Å². The molecule has 0 bridgehead atoms. The molecule has 29 heavy (non-hydrogen) atoms. The third kappa shape index (κ3) is 6.17. The highest BCUT2D eigenvalue weighted by atomic mass is 32.2. The minimum absolute atomic E-state index is 0.106. The first kappa shape index (κ1) is 23.1. The van der Waals surface area contributed by atoms with E-state index in [1.807, 2.05) is 13.8 Å². The van der Waals surface area contributed by atoms with Gasteiger partial charge in [-0.2, -0.15) is 0 Å². The van der Waals surface area contributed by atoms with Crippen molar-refractivity contribution in [2.24, 2.45) is 5.41 Å². The van der Waals surface area contributed by atoms with E-state index in [0.29, 0.717) is 23.3 Å². The monoisotopic (exact) mass is 418 g/mol. The van der Waals surface area contributed by atoms with Gasteiger partial charge >= 0.3 is 5.97 Å². The van der Waals surface area contributed by atoms with Crippen molar-refractivity contribution in [2.45, 2.75) is 64.1 Å². The minimum Gasteiger partial charge on any atom is -0.462 e. The molecule has 0 amide bonds. The number of esters is 1. The fourth-order valence-corrected chi connectivity index (χ4v) is 5.14. The highest BCUT2D eigenvalue weighted by Gasteiger charge is 2.46. The van der Waals surface area contributed by atoms with Crippen LogP contribution in [-0.2, 0) is 19.4 Å². The lowest BCUT2D eigenvalue weighted by Crippen LogP contribution is -2.46. The van der Waals surface area contributed by atoms with Gasteiger partial charge in [0.05, 0.1) is 16.2 Å². The van der Waals surface area contributed by atoms with Gasteiger partial charge in [-0.25, -0.2) is 8.42 Å². The summed E-state index contributed by atoms with van der Waals surface area (Å²) in [5.74, 6) is -0.465. The van der Waals surface area contributed by atoms with Gasteiger partial charge in [-0.15, -0.1) is 5.73 Å². The number of carbonyl (C=O) groups is 1. The molecule has 0 saturated heterocycles. The lowest BCUT2D eigenvalue weighted by molar-refractivity contribution is -0.152. The second-order valence-electron chi connectivity index (χ2n) is 8.50. The number of carbonyl (C=O) groups excluding carboxylic acids is 1. The van der Waals surface area contributed by atoms with E-state index in [9.17, 15) is 18.3 Å². The van der Waals surface area contributed by atoms with Gasteiger partial charge in [-0.3, -0.25) is 4.79 Å². The molecule has 1 aliphatic carbocycles. The van der Waals surface area contributed by atoms with Crippen molar-refractivity contribution >= 4 is 15.8 Å². The topological polar surface area (TPSA) is 80.7 Å². The van der Waals surface area contributed by atoms with Gasteiger partial charge in [0.1, 0.15) is 6.10 Å². The zero-order valence-corrected chi connectivity index (χ0v) is 18.5. The molecule has 0 radical (unpaired) electrons. The highest BCUT2D eigenvalue weighted by Crippen LogP contribution is 2.46. The van der Waals surface area contributed by atoms with E-state index in [2.05, 4.69) is 5.73 Å². The molecule has 0 unspecified atom stereocenters. The van der Waals surface area contributed by atoms with Gasteiger partial charge in [-0.05, 0) is 49.5 Å². The highest BCUT2D eigenvalue weighted by molar-refractivity contribution is 7.91. The van der Waals surface area contributed by atoms with Crippen LogP contribution in [0.3, 0.4) is 0 Å². The van der Waals surface area contributed by atoms with Gasteiger partial charge in [0.15, 0.2) is 9.84 Å². The number of hydrogen-bond acceptors (Lipinski definition) is 5. The molecule has 2 atom stereocenters. The number of sulfone groups is 1. The Morgan fingerprint density at radius 1 is 1.21 bits per heavy atom. The van der Waals surface area contributed by atoms with Crippen molar-refractivity contribution in [3.8, 4) is 0 Å². The summed E-state index contributed by atoms with van der Waals surface area (Å²) in [4.78, 5) is 11.6. The smallest absolute Gasteiger partial charge is 0.302 e. The first-order valence-electron chi connectivity index (χ1n) is 9.65. The molecule has 158 valence electrons. The Morgan fingerprint density at radius 2 is 1.83 bits per heavy atom. The molecule has 1 aromatic rings. The molecule has 5 nitrogen and oxygen atoms in total. The van der Waals surface area contributed by atoms with E-state index >= 15 is 0 Å². The Balaban J connectivity index is 2.24. The van der Waals surface area contributed by atoms with E-state index in [4.69, 9.17) is 4.74 Å². The third-order valence-electron chi connectivity index (χ3n) is 5.08. The molecule has 2 rings (SSSR count). The SMILES string of the molecule is CC(=O)O[C@H]1CC(C)(C)C(=C=C/C(C)=C\CS(=O)(=O)c2ccccc2)[C@](C)(O)C1. The second kappa shape index (κ2) is 8.70. The Hall–Kier alpha value is -2.14. The second-order valence-corrected chi connectivity index (χ2v) is 10.5. The van der Waals surface area contributed by atoms with Gasteiger partial charge in [-0.1, -0.05) is 38.1 Å². The lowest BCUT2D eigenvalue weighted by Gasteiger charge is -2.44. The quantitative estimate of drug-likeness (QED) is 0.444. The summed E-state index contributed by atoms with van der Waals surface area (Å²) in [5.41, 5.74) is 3.05. The van der Waals surface area contributed by atoms with Crippen molar-refractivity contribution in [1.29, 1.82) is 0 Å². The Morgan fingerprint density at radius 3 is 2.38 bits per heavy atom. The normalized spacial score (nSPS) is 24.6. The zero-order valence-electron chi connectivity index (χ0n) is 17.7. The van der Waals surface area contributed by atoms with Crippen LogP contribution in [0.15, 0.2) is 64.3 Å². The predicted molar refractivity (Wildman–Crippen MR) is 113 cm³/mol. The fourth-order valence-electron chi connectivity index (χ4n) is 3.90. The summed E-state index contributed by atoms with van der Waals surface area (Å²) >= 11 is 0. The number of hydrogen-bond donors (Lipinski definition) is 1. The zero-order chi connectivity index (χ0) is 21.9. The molecule has 1 aromatic carbocycles. The van der Waals surface area contributed by atoms with Gasteiger partial charge in [0.25, 0.3) is 0 Å². The summed E-state index contributed by atoms with van der Waals surface area (Å²) in [5, 5.41) is 10.9. The van der Waals surface area contributed by atoms with Crippen LogP contribution in [0.4, 0.5) is 0 Å². The molecule has 0 heterocycles. The van der Waals surface area contributed by atoms with E-state index < -0.39 is 20.9 Å². The van der Waals surface area contributed by atoms with Crippen molar-refractivity contribution in [3.05, 3.63) is 59.4 Å². The first-order valence-corrected chi connectivity index (χ1v) is 11.3. The van der Waals surface area contributed by atoms with Crippen LogP contribution in [0.25, 0.3) is 0 Å². The standard InChI is InChI=1S/C23H30O5S/c1-17(13-14-29(26,27)20-9-7-6-8-10-20)11-12-21-22(3,4)15-19(28-18(2)24)16-23(21,5)25/h6-11,13,19,25H,14-16H2,1-5H3/b17-13-/t12?,19-,23+/m0/s1. The Labute approximate surface area is 173 Å². The molecule has 1 fully saturated rings. The van der Waals surface area contributed by atoms with Crippen LogP contribution in [0.5, 0.6) is 0 Å². The first-order chi connectivity index (χ1) is 13.3. The van der Waals surface area contributed by atoms with Gasteiger partial charge < -0.3 is 9.84 Å². The molecule has 0 aliphatic heterocycles. The largest absolute Gasteiger partial charge is 0.462 e. The molecule has 0 aromatic heterocycles. The molecular weight excluding hydrogens is 388 g/mol. The third-order valence-corrected chi connectivity index (χ3v) is 6.68. The van der Waals surface area contributed by atoms with Gasteiger partial charge in [0.2, 0.25) is 0 Å². The van der Waals surface area contributed by atoms with Crippen molar-refractivity contribution in [3.63, 3.8) is 0 Å². The number of ether oxygens (including phenoxy) is 1. The fraction of sp³-hybridized carbons (Fsp3) is 0.478. The average Bonchev–Trinajstić information content (AvgIpc) is 2.58. The van der Waals surface area contributed by atoms with Crippen LogP contribution < -0.4 is 0 Å². The molecule has 0 spiro atoms. The number of aliphatic hydroxyl groups is 1. The van der Waals surface area contributed by atoms with Crippen LogP contribution in [0.1, 0.15) is 47.5 Å². The number of benzene rings is 1. The Bertz CT molecular complexity index is 926. The van der Waals surface area contributed by atoms with Crippen molar-refractivity contribution in [2.75, 3.05) is 5.75 Å². The van der Waals surface area contributed by atoms with E-state index in [0.717, 1.165) is 5.57 Å². The van der Waals surface area contributed by atoms with Crippen LogP contribution >= 0.6 is 0 Å². The maximum absolute atomic E-state index is 12.4. The number of allylic oxidation sites excluding steroid dienone is 1. The lowest BCUT2D eigenvalue weighted by atomic mass is 9.65.